The Kier molecular flexibility index (Phi) is 3.99. The second-order valence-corrected chi connectivity index (χ2v) is 5.21. The van der Waals surface area contributed by atoms with Gasteiger partial charge in [0.1, 0.15) is 5.75 Å². The molecule has 0 aliphatic rings. The fourth-order valence-corrected chi connectivity index (χ4v) is 1.29. The van der Waals surface area contributed by atoms with Crippen molar-refractivity contribution in [3.05, 3.63) is 23.8 Å². The largest absolute Gasteiger partial charge is 0.494 e. The Bertz CT molecular complexity index is 408. The van der Waals surface area contributed by atoms with Gasteiger partial charge in [0.2, 0.25) is 0 Å². The van der Waals surface area contributed by atoms with E-state index in [4.69, 9.17) is 15.6 Å². The average Bonchev–Trinajstić information content (AvgIpc) is 2.18. The molecule has 0 bridgehead atoms. The van der Waals surface area contributed by atoms with Crippen LogP contribution in [0.15, 0.2) is 18.2 Å². The summed E-state index contributed by atoms with van der Waals surface area (Å²) in [6, 6.07) is 4.70. The molecule has 0 amide bonds. The second-order valence-electron chi connectivity index (χ2n) is 5.21. The lowest BCUT2D eigenvalue weighted by Crippen LogP contribution is -2.11. The van der Waals surface area contributed by atoms with E-state index in [1.165, 1.54) is 6.07 Å². The highest BCUT2D eigenvalue weighted by Crippen LogP contribution is 2.22. The third-order valence-corrected chi connectivity index (χ3v) is 2.38. The molecule has 0 aliphatic carbocycles. The molecular weight excluding hydrogens is 218 g/mol. The number of carboxylic acid groups (broad SMARTS) is 1. The topological polar surface area (TPSA) is 72.5 Å². The van der Waals surface area contributed by atoms with Crippen LogP contribution in [0.3, 0.4) is 0 Å². The maximum absolute atomic E-state index is 10.9. The molecule has 0 heterocycles. The molecule has 0 atom stereocenters. The van der Waals surface area contributed by atoms with Crippen LogP contribution in [-0.4, -0.2) is 17.7 Å². The van der Waals surface area contributed by atoms with Gasteiger partial charge >= 0.3 is 5.97 Å². The number of carbonyl (C=O) groups is 1. The molecule has 4 nitrogen and oxygen atoms in total. The molecule has 1 rings (SSSR count). The van der Waals surface area contributed by atoms with Gasteiger partial charge in [-0.2, -0.15) is 0 Å². The van der Waals surface area contributed by atoms with Crippen LogP contribution in [0, 0.1) is 5.41 Å². The van der Waals surface area contributed by atoms with E-state index in [-0.39, 0.29) is 16.7 Å². The van der Waals surface area contributed by atoms with Gasteiger partial charge in [-0.25, -0.2) is 4.79 Å². The zero-order chi connectivity index (χ0) is 13.1. The van der Waals surface area contributed by atoms with Crippen LogP contribution >= 0.6 is 0 Å². The van der Waals surface area contributed by atoms with Crippen LogP contribution in [0.2, 0.25) is 0 Å². The van der Waals surface area contributed by atoms with Crippen molar-refractivity contribution in [2.75, 3.05) is 12.3 Å². The molecule has 1 aromatic rings. The first-order valence-corrected chi connectivity index (χ1v) is 5.55. The van der Waals surface area contributed by atoms with Crippen molar-refractivity contribution in [3.8, 4) is 5.75 Å². The number of hydrogen-bond donors (Lipinski definition) is 2. The van der Waals surface area contributed by atoms with Crippen molar-refractivity contribution in [1.82, 2.24) is 0 Å². The van der Waals surface area contributed by atoms with E-state index in [0.717, 1.165) is 6.42 Å². The van der Waals surface area contributed by atoms with Crippen molar-refractivity contribution in [3.63, 3.8) is 0 Å². The average molecular weight is 237 g/mol. The second kappa shape index (κ2) is 5.08. The number of benzene rings is 1. The van der Waals surface area contributed by atoms with Gasteiger partial charge in [0, 0.05) is 5.69 Å². The molecule has 17 heavy (non-hydrogen) atoms. The summed E-state index contributed by atoms with van der Waals surface area (Å²) in [6.45, 7) is 6.94. The summed E-state index contributed by atoms with van der Waals surface area (Å²) in [6.07, 6.45) is 0.903. The molecule has 4 heteroatoms. The van der Waals surface area contributed by atoms with E-state index in [0.29, 0.717) is 12.4 Å². The summed E-state index contributed by atoms with van der Waals surface area (Å²) in [5, 5.41) is 8.91. The predicted octanol–water partition coefficient (Wildman–Crippen LogP) is 2.78. The maximum Gasteiger partial charge on any atom is 0.337 e. The van der Waals surface area contributed by atoms with Gasteiger partial charge < -0.3 is 15.6 Å². The molecule has 0 fully saturated rings. The van der Waals surface area contributed by atoms with Gasteiger partial charge in [0.15, 0.2) is 0 Å². The summed E-state index contributed by atoms with van der Waals surface area (Å²) < 4.78 is 5.51. The molecule has 1 aromatic carbocycles. The molecule has 3 N–H and O–H groups in total. The first-order chi connectivity index (χ1) is 7.79. The minimum absolute atomic E-state index is 0.0817. The number of anilines is 1. The Morgan fingerprint density at radius 1 is 1.41 bits per heavy atom. The van der Waals surface area contributed by atoms with E-state index in [9.17, 15) is 4.79 Å². The van der Waals surface area contributed by atoms with Crippen LogP contribution in [0.25, 0.3) is 0 Å². The van der Waals surface area contributed by atoms with Crippen LogP contribution < -0.4 is 10.5 Å². The quantitative estimate of drug-likeness (QED) is 0.790. The first kappa shape index (κ1) is 13.4. The Morgan fingerprint density at radius 3 is 2.59 bits per heavy atom. The van der Waals surface area contributed by atoms with E-state index >= 15 is 0 Å². The molecule has 0 radical (unpaired) electrons. The molecular formula is C13H19NO3. The molecule has 0 spiro atoms. The van der Waals surface area contributed by atoms with E-state index in [2.05, 4.69) is 20.8 Å². The fourth-order valence-electron chi connectivity index (χ4n) is 1.29. The van der Waals surface area contributed by atoms with Crippen molar-refractivity contribution in [2.24, 2.45) is 5.41 Å². The zero-order valence-corrected chi connectivity index (χ0v) is 10.5. The third kappa shape index (κ3) is 4.34. The van der Waals surface area contributed by atoms with E-state index < -0.39 is 5.97 Å². The smallest absolute Gasteiger partial charge is 0.337 e. The van der Waals surface area contributed by atoms with Gasteiger partial charge in [0.05, 0.1) is 12.2 Å². The Hall–Kier alpha value is -1.71. The van der Waals surface area contributed by atoms with E-state index in [1.54, 1.807) is 12.1 Å². The minimum Gasteiger partial charge on any atom is -0.494 e. The zero-order valence-electron chi connectivity index (χ0n) is 10.5. The van der Waals surface area contributed by atoms with Gasteiger partial charge in [0.25, 0.3) is 0 Å². The van der Waals surface area contributed by atoms with Gasteiger partial charge in [-0.15, -0.1) is 0 Å². The van der Waals surface area contributed by atoms with E-state index in [1.807, 2.05) is 0 Å². The standard InChI is InChI=1S/C13H19NO3/c1-13(2,3)6-7-17-9-4-5-11(14)10(8-9)12(15)16/h4-5,8H,6-7,14H2,1-3H3,(H,15,16). The summed E-state index contributed by atoms with van der Waals surface area (Å²) in [7, 11) is 0. The Balaban J connectivity index is 2.67. The number of hydrogen-bond acceptors (Lipinski definition) is 3. The van der Waals surface area contributed by atoms with Crippen molar-refractivity contribution >= 4 is 11.7 Å². The summed E-state index contributed by atoms with van der Waals surface area (Å²) in [5.74, 6) is -0.496. The molecule has 94 valence electrons. The summed E-state index contributed by atoms with van der Waals surface area (Å²) in [5.41, 5.74) is 6.08. The summed E-state index contributed by atoms with van der Waals surface area (Å²) >= 11 is 0. The number of carboxylic acids is 1. The monoisotopic (exact) mass is 237 g/mol. The van der Waals surface area contributed by atoms with Crippen LogP contribution in [0.5, 0.6) is 5.75 Å². The Morgan fingerprint density at radius 2 is 2.06 bits per heavy atom. The molecule has 0 aromatic heterocycles. The maximum atomic E-state index is 10.9. The van der Waals surface area contributed by atoms with Gasteiger partial charge in [-0.1, -0.05) is 20.8 Å². The lowest BCUT2D eigenvalue weighted by atomic mass is 9.93. The number of rotatable bonds is 4. The van der Waals surface area contributed by atoms with Gasteiger partial charge in [-0.3, -0.25) is 0 Å². The minimum atomic E-state index is -1.04. The molecule has 0 aliphatic heterocycles. The van der Waals surface area contributed by atoms with Gasteiger partial charge in [-0.05, 0) is 30.0 Å². The fraction of sp³-hybridized carbons (Fsp3) is 0.462. The SMILES string of the molecule is CC(C)(C)CCOc1ccc(N)c(C(=O)O)c1. The number of aromatic carboxylic acids is 1. The molecule has 0 saturated carbocycles. The van der Waals surface area contributed by atoms with Crippen molar-refractivity contribution < 1.29 is 14.6 Å². The molecule has 0 saturated heterocycles. The summed E-state index contributed by atoms with van der Waals surface area (Å²) in [4.78, 5) is 10.9. The van der Waals surface area contributed by atoms with Crippen LogP contribution in [-0.2, 0) is 0 Å². The highest BCUT2D eigenvalue weighted by atomic mass is 16.5. The molecule has 0 unspecified atom stereocenters. The van der Waals surface area contributed by atoms with Crippen LogP contribution in [0.1, 0.15) is 37.6 Å². The normalized spacial score (nSPS) is 11.2. The number of ether oxygens (including phenoxy) is 1. The Labute approximate surface area is 101 Å². The lowest BCUT2D eigenvalue weighted by Gasteiger charge is -2.18. The number of nitrogen functional groups attached to an aromatic ring is 1. The van der Waals surface area contributed by atoms with Crippen LogP contribution in [0.4, 0.5) is 5.69 Å². The highest BCUT2D eigenvalue weighted by Gasteiger charge is 2.12. The highest BCUT2D eigenvalue weighted by molar-refractivity contribution is 5.94. The predicted molar refractivity (Wildman–Crippen MR) is 67.4 cm³/mol. The lowest BCUT2D eigenvalue weighted by molar-refractivity contribution is 0.0697. The van der Waals surface area contributed by atoms with Crippen molar-refractivity contribution in [2.45, 2.75) is 27.2 Å². The van der Waals surface area contributed by atoms with Crippen molar-refractivity contribution in [1.29, 1.82) is 0 Å². The number of nitrogens with two attached hydrogens (primary N) is 1. The third-order valence-electron chi connectivity index (χ3n) is 2.38. The first-order valence-electron chi connectivity index (χ1n) is 5.55.